The number of likely N-dealkylation sites (N-methyl/N-ethyl adjacent to an activating group) is 1. The number of nitrogens with zero attached hydrogens (tertiary/aromatic N) is 2. The molecular weight excluding hydrogens is 412 g/mol. The molecule has 1 aromatic heterocycles. The van der Waals surface area contributed by atoms with Crippen molar-refractivity contribution in [3.8, 4) is 11.1 Å². The van der Waals surface area contributed by atoms with Gasteiger partial charge >= 0.3 is 0 Å². The van der Waals surface area contributed by atoms with Crippen molar-refractivity contribution in [3.05, 3.63) is 83.7 Å². The number of anilines is 1. The van der Waals surface area contributed by atoms with Crippen LogP contribution in [0.15, 0.2) is 67.0 Å². The molecule has 0 bridgehead atoms. The quantitative estimate of drug-likeness (QED) is 0.284. The van der Waals surface area contributed by atoms with E-state index in [0.29, 0.717) is 24.2 Å². The van der Waals surface area contributed by atoms with E-state index in [2.05, 4.69) is 21.3 Å². The summed E-state index contributed by atoms with van der Waals surface area (Å²) in [6.07, 6.45) is 3.83. The van der Waals surface area contributed by atoms with Crippen molar-refractivity contribution in [2.45, 2.75) is 19.9 Å². The third kappa shape index (κ3) is 6.82. The van der Waals surface area contributed by atoms with Gasteiger partial charge in [0.2, 0.25) is 5.91 Å². The van der Waals surface area contributed by atoms with Crippen LogP contribution in [0, 0.1) is 10.8 Å². The van der Waals surface area contributed by atoms with E-state index in [9.17, 15) is 4.79 Å². The second-order valence-corrected chi connectivity index (χ2v) is 8.11. The average molecular weight is 443 g/mol. The average Bonchev–Trinajstić information content (AvgIpc) is 2.79. The van der Waals surface area contributed by atoms with Crippen LogP contribution >= 0.6 is 0 Å². The normalized spacial score (nSPS) is 10.8. The molecule has 0 saturated carbocycles. The maximum atomic E-state index is 11.0. The lowest BCUT2D eigenvalue weighted by molar-refractivity contribution is -0.119. The summed E-state index contributed by atoms with van der Waals surface area (Å²) in [7, 11) is 2.00. The molecule has 0 aliphatic heterocycles. The Morgan fingerprint density at radius 3 is 2.58 bits per heavy atom. The Balaban J connectivity index is 1.67. The fourth-order valence-electron chi connectivity index (χ4n) is 3.59. The Morgan fingerprint density at radius 2 is 1.85 bits per heavy atom. The molecule has 0 aliphatic carbocycles. The van der Waals surface area contributed by atoms with Crippen molar-refractivity contribution >= 4 is 23.0 Å². The van der Waals surface area contributed by atoms with Crippen LogP contribution in [0.5, 0.6) is 0 Å². The SMILES string of the molecule is CC(=O)NCCN(C)Cc1cccc(CC(=N)C(=N)c2cc(-c3cccnc3)ccc2N)c1. The number of benzene rings is 2. The molecule has 3 aromatic rings. The molecule has 0 fully saturated rings. The molecule has 1 amide bonds. The first kappa shape index (κ1) is 23.8. The number of hydrogen-bond acceptors (Lipinski definition) is 6. The van der Waals surface area contributed by atoms with Gasteiger partial charge in [-0.25, -0.2) is 0 Å². The lowest BCUT2D eigenvalue weighted by Gasteiger charge is -2.17. The third-order valence-corrected chi connectivity index (χ3v) is 5.31. The molecule has 7 heteroatoms. The van der Waals surface area contributed by atoms with Crippen molar-refractivity contribution in [1.82, 2.24) is 15.2 Å². The van der Waals surface area contributed by atoms with E-state index >= 15 is 0 Å². The third-order valence-electron chi connectivity index (χ3n) is 5.31. The fourth-order valence-corrected chi connectivity index (χ4v) is 3.59. The molecule has 7 nitrogen and oxygen atoms in total. The van der Waals surface area contributed by atoms with E-state index in [4.69, 9.17) is 16.6 Å². The molecule has 2 aromatic carbocycles. The van der Waals surface area contributed by atoms with Gasteiger partial charge in [-0.1, -0.05) is 36.4 Å². The van der Waals surface area contributed by atoms with Crippen LogP contribution in [0.3, 0.4) is 0 Å². The van der Waals surface area contributed by atoms with Crippen LogP contribution in [0.25, 0.3) is 11.1 Å². The highest BCUT2D eigenvalue weighted by Crippen LogP contribution is 2.24. The predicted molar refractivity (Wildman–Crippen MR) is 134 cm³/mol. The lowest BCUT2D eigenvalue weighted by Crippen LogP contribution is -2.31. The number of pyridine rings is 1. The van der Waals surface area contributed by atoms with Crippen LogP contribution in [-0.4, -0.2) is 47.4 Å². The first-order chi connectivity index (χ1) is 15.8. The molecule has 0 aliphatic rings. The number of carbonyl (C=O) groups excluding carboxylic acids is 1. The Labute approximate surface area is 194 Å². The number of aromatic nitrogens is 1. The highest BCUT2D eigenvalue weighted by atomic mass is 16.1. The zero-order valence-corrected chi connectivity index (χ0v) is 19.1. The zero-order chi connectivity index (χ0) is 23.8. The van der Waals surface area contributed by atoms with Crippen LogP contribution in [0.2, 0.25) is 0 Å². The minimum absolute atomic E-state index is 0.0297. The van der Waals surface area contributed by atoms with Gasteiger partial charge in [-0.2, -0.15) is 0 Å². The number of nitrogens with two attached hydrogens (primary N) is 1. The summed E-state index contributed by atoms with van der Waals surface area (Å²) in [4.78, 5) is 17.3. The minimum Gasteiger partial charge on any atom is -0.398 e. The number of amides is 1. The number of nitrogens with one attached hydrogen (secondary N) is 3. The minimum atomic E-state index is -0.0297. The van der Waals surface area contributed by atoms with E-state index in [1.54, 1.807) is 18.5 Å². The van der Waals surface area contributed by atoms with Gasteiger partial charge in [0.05, 0.1) is 11.4 Å². The first-order valence-electron chi connectivity index (χ1n) is 10.8. The van der Waals surface area contributed by atoms with E-state index in [0.717, 1.165) is 35.3 Å². The molecule has 1 heterocycles. The summed E-state index contributed by atoms with van der Waals surface area (Å²) in [5.74, 6) is -0.0297. The Morgan fingerprint density at radius 1 is 1.06 bits per heavy atom. The van der Waals surface area contributed by atoms with Gasteiger partial charge in [-0.15, -0.1) is 0 Å². The number of nitrogen functional groups attached to an aromatic ring is 1. The van der Waals surface area contributed by atoms with Gasteiger partial charge in [0.25, 0.3) is 0 Å². The topological polar surface area (TPSA) is 119 Å². The predicted octanol–water partition coefficient (Wildman–Crippen LogP) is 3.53. The van der Waals surface area contributed by atoms with Crippen LogP contribution in [-0.2, 0) is 17.8 Å². The number of carbonyl (C=O) groups is 1. The van der Waals surface area contributed by atoms with Crippen molar-refractivity contribution < 1.29 is 4.79 Å². The summed E-state index contributed by atoms with van der Waals surface area (Å²) in [5, 5.41) is 19.9. The van der Waals surface area contributed by atoms with Crippen molar-refractivity contribution in [1.29, 1.82) is 10.8 Å². The summed E-state index contributed by atoms with van der Waals surface area (Å²) in [6.45, 7) is 3.60. The Hall–Kier alpha value is -3.84. The Bertz CT molecular complexity index is 1140. The van der Waals surface area contributed by atoms with Gasteiger partial charge in [0.15, 0.2) is 0 Å². The van der Waals surface area contributed by atoms with Crippen LogP contribution < -0.4 is 11.1 Å². The summed E-state index contributed by atoms with van der Waals surface area (Å²) in [6, 6.07) is 17.4. The molecule has 33 heavy (non-hydrogen) atoms. The van der Waals surface area contributed by atoms with Gasteiger partial charge in [0, 0.05) is 62.2 Å². The smallest absolute Gasteiger partial charge is 0.216 e. The standard InChI is InChI=1S/C26H30N6O/c1-18(33)31-11-12-32(2)17-20-6-3-5-19(13-20)14-25(28)26(29)23-15-21(8-9-24(23)27)22-7-4-10-30-16-22/h3-10,13,15-16,28-29H,11-12,14,17,27H2,1-2H3,(H,31,33). The first-order valence-corrected chi connectivity index (χ1v) is 10.8. The molecule has 0 unspecified atom stereocenters. The summed E-state index contributed by atoms with van der Waals surface area (Å²) >= 11 is 0. The molecular formula is C26H30N6O. The van der Waals surface area contributed by atoms with E-state index in [1.165, 1.54) is 6.92 Å². The molecule has 0 atom stereocenters. The molecule has 0 radical (unpaired) electrons. The number of rotatable bonds is 10. The van der Waals surface area contributed by atoms with Crippen LogP contribution in [0.4, 0.5) is 5.69 Å². The van der Waals surface area contributed by atoms with Gasteiger partial charge in [-0.3, -0.25) is 15.2 Å². The second-order valence-electron chi connectivity index (χ2n) is 8.11. The van der Waals surface area contributed by atoms with E-state index < -0.39 is 0 Å². The number of hydrogen-bond donors (Lipinski definition) is 4. The lowest BCUT2D eigenvalue weighted by atomic mass is 9.95. The summed E-state index contributed by atoms with van der Waals surface area (Å²) in [5.41, 5.74) is 11.5. The van der Waals surface area contributed by atoms with E-state index in [-0.39, 0.29) is 17.3 Å². The molecule has 0 saturated heterocycles. The maximum Gasteiger partial charge on any atom is 0.216 e. The molecule has 3 rings (SSSR count). The van der Waals surface area contributed by atoms with Crippen LogP contribution in [0.1, 0.15) is 23.6 Å². The summed E-state index contributed by atoms with van der Waals surface area (Å²) < 4.78 is 0. The fraction of sp³-hybridized carbons (Fsp3) is 0.231. The second kappa shape index (κ2) is 11.2. The molecule has 170 valence electrons. The van der Waals surface area contributed by atoms with Crippen molar-refractivity contribution in [3.63, 3.8) is 0 Å². The van der Waals surface area contributed by atoms with Gasteiger partial charge in [-0.05, 0) is 41.9 Å². The van der Waals surface area contributed by atoms with Gasteiger partial charge < -0.3 is 21.4 Å². The van der Waals surface area contributed by atoms with Gasteiger partial charge in [0.1, 0.15) is 0 Å². The maximum absolute atomic E-state index is 11.0. The van der Waals surface area contributed by atoms with Crippen molar-refractivity contribution in [2.75, 3.05) is 25.9 Å². The highest BCUT2D eigenvalue weighted by Gasteiger charge is 2.14. The monoisotopic (exact) mass is 442 g/mol. The largest absolute Gasteiger partial charge is 0.398 e. The van der Waals surface area contributed by atoms with E-state index in [1.807, 2.05) is 49.5 Å². The molecule has 0 spiro atoms. The zero-order valence-electron chi connectivity index (χ0n) is 19.1. The van der Waals surface area contributed by atoms with Crippen molar-refractivity contribution in [2.24, 2.45) is 0 Å². The highest BCUT2D eigenvalue weighted by molar-refractivity contribution is 6.47. The Kier molecular flexibility index (Phi) is 8.05. The molecule has 5 N–H and O–H groups in total.